The van der Waals surface area contributed by atoms with Gasteiger partial charge in [-0.2, -0.15) is 0 Å². The van der Waals surface area contributed by atoms with Crippen molar-refractivity contribution in [3.8, 4) is 5.75 Å². The lowest BCUT2D eigenvalue weighted by Gasteiger charge is -2.17. The van der Waals surface area contributed by atoms with E-state index in [0.29, 0.717) is 11.5 Å². The van der Waals surface area contributed by atoms with Crippen LogP contribution in [0, 0.1) is 5.92 Å². The van der Waals surface area contributed by atoms with E-state index in [1.165, 1.54) is 6.42 Å². The van der Waals surface area contributed by atoms with E-state index in [1.54, 1.807) is 6.20 Å². The Morgan fingerprint density at radius 2 is 2.14 bits per heavy atom. The molecule has 1 saturated carbocycles. The standard InChI is InChI=1S/C17H22N2O2/c1-19(2)11-12-3-4-14(9-12)21-15-5-6-16-13(10-15)7-8-18-17(16)20/h5-8,10,12,14H,3-4,9,11H2,1-2H3,(H,18,20). The monoisotopic (exact) mass is 286 g/mol. The minimum atomic E-state index is -0.0500. The first-order valence-electron chi connectivity index (χ1n) is 7.54. The van der Waals surface area contributed by atoms with Gasteiger partial charge >= 0.3 is 0 Å². The minimum absolute atomic E-state index is 0.0500. The molecule has 1 aromatic carbocycles. The van der Waals surface area contributed by atoms with Crippen LogP contribution in [-0.2, 0) is 0 Å². The van der Waals surface area contributed by atoms with Crippen LogP contribution in [0.2, 0.25) is 0 Å². The average molecular weight is 286 g/mol. The van der Waals surface area contributed by atoms with Crippen molar-refractivity contribution in [3.05, 3.63) is 40.8 Å². The van der Waals surface area contributed by atoms with Gasteiger partial charge in [0.15, 0.2) is 0 Å². The molecule has 1 N–H and O–H groups in total. The van der Waals surface area contributed by atoms with Gasteiger partial charge in [-0.1, -0.05) is 0 Å². The van der Waals surface area contributed by atoms with E-state index in [-0.39, 0.29) is 5.56 Å². The molecule has 0 radical (unpaired) electrons. The van der Waals surface area contributed by atoms with Crippen LogP contribution in [0.4, 0.5) is 0 Å². The van der Waals surface area contributed by atoms with Crippen LogP contribution >= 0.6 is 0 Å². The predicted octanol–water partition coefficient (Wildman–Crippen LogP) is 2.64. The molecule has 1 fully saturated rings. The van der Waals surface area contributed by atoms with E-state index in [2.05, 4.69) is 24.0 Å². The summed E-state index contributed by atoms with van der Waals surface area (Å²) in [5.41, 5.74) is -0.0500. The first-order valence-corrected chi connectivity index (χ1v) is 7.54. The summed E-state index contributed by atoms with van der Waals surface area (Å²) in [5.74, 6) is 1.59. The number of fused-ring (bicyclic) bond motifs is 1. The number of nitrogens with one attached hydrogen (secondary N) is 1. The van der Waals surface area contributed by atoms with Gasteiger partial charge in [0.2, 0.25) is 0 Å². The SMILES string of the molecule is CN(C)CC1CCC(Oc2ccc3c(=O)[nH]ccc3c2)C1. The zero-order chi connectivity index (χ0) is 14.8. The highest BCUT2D eigenvalue weighted by Crippen LogP contribution is 2.30. The highest BCUT2D eigenvalue weighted by atomic mass is 16.5. The molecule has 2 atom stereocenters. The van der Waals surface area contributed by atoms with Gasteiger partial charge in [-0.25, -0.2) is 0 Å². The van der Waals surface area contributed by atoms with Gasteiger partial charge in [-0.15, -0.1) is 0 Å². The molecule has 1 aliphatic carbocycles. The normalized spacial score (nSPS) is 22.0. The Kier molecular flexibility index (Phi) is 3.97. The lowest BCUT2D eigenvalue weighted by Crippen LogP contribution is -2.21. The first-order chi connectivity index (χ1) is 10.1. The maximum atomic E-state index is 11.7. The molecule has 3 rings (SSSR count). The fourth-order valence-corrected chi connectivity index (χ4v) is 3.25. The Balaban J connectivity index is 1.70. The van der Waals surface area contributed by atoms with Crippen LogP contribution in [0.3, 0.4) is 0 Å². The summed E-state index contributed by atoms with van der Waals surface area (Å²) in [6.45, 7) is 1.13. The molecular weight excluding hydrogens is 264 g/mol. The molecule has 4 nitrogen and oxygen atoms in total. The average Bonchev–Trinajstić information content (AvgIpc) is 2.85. The fourth-order valence-electron chi connectivity index (χ4n) is 3.25. The Hall–Kier alpha value is -1.81. The van der Waals surface area contributed by atoms with Crippen LogP contribution in [0.15, 0.2) is 35.3 Å². The van der Waals surface area contributed by atoms with Crippen molar-refractivity contribution in [1.29, 1.82) is 0 Å². The third-order valence-corrected chi connectivity index (χ3v) is 4.16. The van der Waals surface area contributed by atoms with Gasteiger partial charge < -0.3 is 14.6 Å². The predicted molar refractivity (Wildman–Crippen MR) is 84.9 cm³/mol. The number of ether oxygens (including phenoxy) is 1. The zero-order valence-electron chi connectivity index (χ0n) is 12.6. The number of hydrogen-bond acceptors (Lipinski definition) is 3. The lowest BCUT2D eigenvalue weighted by atomic mass is 10.1. The Morgan fingerprint density at radius 3 is 2.95 bits per heavy atom. The van der Waals surface area contributed by atoms with Gasteiger partial charge in [0.05, 0.1) is 6.10 Å². The van der Waals surface area contributed by atoms with E-state index < -0.39 is 0 Å². The Morgan fingerprint density at radius 1 is 1.29 bits per heavy atom. The molecule has 112 valence electrons. The van der Waals surface area contributed by atoms with Gasteiger partial charge in [-0.3, -0.25) is 4.79 Å². The smallest absolute Gasteiger partial charge is 0.255 e. The Bertz CT molecular complexity index is 678. The molecular formula is C17H22N2O2. The van der Waals surface area contributed by atoms with Crippen LogP contribution in [0.25, 0.3) is 10.8 Å². The molecule has 1 aromatic heterocycles. The fraction of sp³-hybridized carbons (Fsp3) is 0.471. The molecule has 0 saturated heterocycles. The second-order valence-corrected chi connectivity index (χ2v) is 6.24. The number of nitrogens with zero attached hydrogens (tertiary/aromatic N) is 1. The highest BCUT2D eigenvalue weighted by Gasteiger charge is 2.26. The third kappa shape index (κ3) is 3.27. The molecule has 0 bridgehead atoms. The number of pyridine rings is 1. The summed E-state index contributed by atoms with van der Waals surface area (Å²) in [7, 11) is 4.24. The van der Waals surface area contributed by atoms with Crippen LogP contribution < -0.4 is 10.3 Å². The quantitative estimate of drug-likeness (QED) is 0.940. The van der Waals surface area contributed by atoms with Crippen molar-refractivity contribution in [2.45, 2.75) is 25.4 Å². The topological polar surface area (TPSA) is 45.3 Å². The first kappa shape index (κ1) is 14.1. The molecule has 0 spiro atoms. The van der Waals surface area contributed by atoms with E-state index in [0.717, 1.165) is 36.4 Å². The van der Waals surface area contributed by atoms with Gasteiger partial charge in [0.1, 0.15) is 5.75 Å². The largest absolute Gasteiger partial charge is 0.490 e. The van der Waals surface area contributed by atoms with E-state index in [4.69, 9.17) is 4.74 Å². The van der Waals surface area contributed by atoms with Gasteiger partial charge in [0, 0.05) is 18.1 Å². The summed E-state index contributed by atoms with van der Waals surface area (Å²) < 4.78 is 6.10. The number of aromatic nitrogens is 1. The van der Waals surface area contributed by atoms with Crippen molar-refractivity contribution in [2.75, 3.05) is 20.6 Å². The maximum absolute atomic E-state index is 11.7. The second kappa shape index (κ2) is 5.90. The van der Waals surface area contributed by atoms with Gasteiger partial charge in [0.25, 0.3) is 5.56 Å². The summed E-state index contributed by atoms with van der Waals surface area (Å²) in [5, 5.41) is 1.64. The molecule has 2 aromatic rings. The van der Waals surface area contributed by atoms with Crippen molar-refractivity contribution in [1.82, 2.24) is 9.88 Å². The number of rotatable bonds is 4. The number of H-pyrrole nitrogens is 1. The number of aromatic amines is 1. The van der Waals surface area contributed by atoms with Crippen LogP contribution in [-0.4, -0.2) is 36.6 Å². The molecule has 1 heterocycles. The van der Waals surface area contributed by atoms with Crippen molar-refractivity contribution < 1.29 is 4.74 Å². The van der Waals surface area contributed by atoms with Crippen molar-refractivity contribution in [3.63, 3.8) is 0 Å². The molecule has 21 heavy (non-hydrogen) atoms. The molecule has 2 unspecified atom stereocenters. The Labute approximate surface area is 124 Å². The summed E-state index contributed by atoms with van der Waals surface area (Å²) in [6, 6.07) is 7.61. The number of benzene rings is 1. The van der Waals surface area contributed by atoms with E-state index in [9.17, 15) is 4.79 Å². The maximum Gasteiger partial charge on any atom is 0.255 e. The second-order valence-electron chi connectivity index (χ2n) is 6.24. The van der Waals surface area contributed by atoms with Crippen LogP contribution in [0.1, 0.15) is 19.3 Å². The highest BCUT2D eigenvalue weighted by molar-refractivity contribution is 5.82. The summed E-state index contributed by atoms with van der Waals surface area (Å²) >= 11 is 0. The van der Waals surface area contributed by atoms with Crippen LogP contribution in [0.5, 0.6) is 5.75 Å². The number of hydrogen-bond donors (Lipinski definition) is 1. The van der Waals surface area contributed by atoms with Gasteiger partial charge in [-0.05, 0) is 68.9 Å². The third-order valence-electron chi connectivity index (χ3n) is 4.16. The summed E-state index contributed by atoms with van der Waals surface area (Å²) in [4.78, 5) is 16.6. The minimum Gasteiger partial charge on any atom is -0.490 e. The zero-order valence-corrected chi connectivity index (χ0v) is 12.6. The molecule has 1 aliphatic rings. The molecule has 0 aliphatic heterocycles. The van der Waals surface area contributed by atoms with Crippen molar-refractivity contribution >= 4 is 10.8 Å². The molecule has 4 heteroatoms. The van der Waals surface area contributed by atoms with E-state index in [1.807, 2.05) is 24.3 Å². The lowest BCUT2D eigenvalue weighted by molar-refractivity contribution is 0.199. The van der Waals surface area contributed by atoms with Crippen molar-refractivity contribution in [2.24, 2.45) is 5.92 Å². The van der Waals surface area contributed by atoms with E-state index >= 15 is 0 Å². The summed E-state index contributed by atoms with van der Waals surface area (Å²) in [6.07, 6.45) is 5.44. The molecule has 0 amide bonds.